The topological polar surface area (TPSA) is 61.8 Å². The number of aliphatic hydroxyl groups is 1. The maximum absolute atomic E-state index is 12.6. The first-order chi connectivity index (χ1) is 11.6. The minimum absolute atomic E-state index is 0.0308. The highest BCUT2D eigenvalue weighted by atomic mass is 16.5. The van der Waals surface area contributed by atoms with Crippen molar-refractivity contribution in [1.29, 1.82) is 0 Å². The van der Waals surface area contributed by atoms with E-state index < -0.39 is 6.10 Å². The average molecular weight is 334 g/mol. The van der Waals surface area contributed by atoms with Crippen LogP contribution in [0.3, 0.4) is 0 Å². The number of hydrogen-bond acceptors (Lipinski definition) is 4. The predicted octanol–water partition coefficient (Wildman–Crippen LogP) is 2.50. The Kier molecular flexibility index (Phi) is 7.06. The van der Waals surface area contributed by atoms with Gasteiger partial charge in [0.15, 0.2) is 0 Å². The molecule has 1 fully saturated rings. The lowest BCUT2D eigenvalue weighted by atomic mass is 9.99. The van der Waals surface area contributed by atoms with Crippen LogP contribution in [0.5, 0.6) is 5.75 Å². The summed E-state index contributed by atoms with van der Waals surface area (Å²) in [6, 6.07) is 6.89. The van der Waals surface area contributed by atoms with Gasteiger partial charge < -0.3 is 15.2 Å². The molecule has 1 aliphatic heterocycles. The van der Waals surface area contributed by atoms with Gasteiger partial charge in [0.05, 0.1) is 25.3 Å². The molecule has 2 N–H and O–H groups in total. The summed E-state index contributed by atoms with van der Waals surface area (Å²) < 4.78 is 5.13. The number of benzene rings is 1. The summed E-state index contributed by atoms with van der Waals surface area (Å²) in [5.74, 6) is 0.781. The molecule has 3 atom stereocenters. The molecule has 24 heavy (non-hydrogen) atoms. The Hall–Kier alpha value is -1.59. The monoisotopic (exact) mass is 334 g/mol. The normalized spacial score (nSPS) is 21.1. The van der Waals surface area contributed by atoms with Crippen LogP contribution in [-0.4, -0.2) is 48.2 Å². The van der Waals surface area contributed by atoms with Gasteiger partial charge in [-0.2, -0.15) is 0 Å². The largest absolute Gasteiger partial charge is 0.497 e. The molecule has 1 heterocycles. The average Bonchev–Trinajstić information content (AvgIpc) is 2.61. The van der Waals surface area contributed by atoms with E-state index in [1.54, 1.807) is 7.11 Å². The quantitative estimate of drug-likeness (QED) is 0.804. The lowest BCUT2D eigenvalue weighted by molar-refractivity contribution is -0.129. The predicted molar refractivity (Wildman–Crippen MR) is 95.1 cm³/mol. The van der Waals surface area contributed by atoms with E-state index in [0.29, 0.717) is 0 Å². The van der Waals surface area contributed by atoms with Crippen LogP contribution >= 0.6 is 0 Å². The van der Waals surface area contributed by atoms with Crippen molar-refractivity contribution in [1.82, 2.24) is 10.2 Å². The maximum Gasteiger partial charge on any atom is 0.237 e. The van der Waals surface area contributed by atoms with Gasteiger partial charge in [-0.15, -0.1) is 0 Å². The molecule has 3 unspecified atom stereocenters. The summed E-state index contributed by atoms with van der Waals surface area (Å²) >= 11 is 0. The van der Waals surface area contributed by atoms with Crippen LogP contribution in [0.1, 0.15) is 51.2 Å². The summed E-state index contributed by atoms with van der Waals surface area (Å²) in [5, 5.41) is 13.5. The molecule has 0 radical (unpaired) electrons. The first kappa shape index (κ1) is 18.7. The second-order valence-electron chi connectivity index (χ2n) is 6.56. The maximum atomic E-state index is 12.6. The molecule has 1 aromatic carbocycles. The third kappa shape index (κ3) is 4.71. The highest BCUT2D eigenvalue weighted by Gasteiger charge is 2.30. The Labute approximate surface area is 145 Å². The number of methoxy groups -OCH3 is 1. The molecule has 2 rings (SSSR count). The second-order valence-corrected chi connectivity index (χ2v) is 6.56. The van der Waals surface area contributed by atoms with Crippen LogP contribution in [0, 0.1) is 0 Å². The van der Waals surface area contributed by atoms with Crippen LogP contribution in [-0.2, 0) is 4.79 Å². The highest BCUT2D eigenvalue weighted by molar-refractivity contribution is 5.82. The molecular weight excluding hydrogens is 304 g/mol. The van der Waals surface area contributed by atoms with Crippen molar-refractivity contribution in [3.05, 3.63) is 29.8 Å². The molecule has 134 valence electrons. The lowest BCUT2D eigenvalue weighted by Crippen LogP contribution is -2.52. The highest BCUT2D eigenvalue weighted by Crippen LogP contribution is 2.22. The van der Waals surface area contributed by atoms with Gasteiger partial charge in [0, 0.05) is 0 Å². The zero-order valence-corrected chi connectivity index (χ0v) is 15.0. The minimum atomic E-state index is -0.733. The van der Waals surface area contributed by atoms with E-state index in [1.165, 1.54) is 0 Å². The number of nitrogens with one attached hydrogen (secondary N) is 1. The van der Waals surface area contributed by atoms with Gasteiger partial charge in [0.25, 0.3) is 0 Å². The Balaban J connectivity index is 1.96. The Morgan fingerprint density at radius 3 is 2.71 bits per heavy atom. The fraction of sp³-hybridized carbons (Fsp3) is 0.632. The molecule has 1 aromatic rings. The van der Waals surface area contributed by atoms with Gasteiger partial charge in [0.2, 0.25) is 5.91 Å². The van der Waals surface area contributed by atoms with Crippen molar-refractivity contribution in [3.63, 3.8) is 0 Å². The van der Waals surface area contributed by atoms with Gasteiger partial charge in [-0.3, -0.25) is 9.69 Å². The summed E-state index contributed by atoms with van der Waals surface area (Å²) in [4.78, 5) is 14.9. The number of piperidine rings is 1. The lowest BCUT2D eigenvalue weighted by Gasteiger charge is -2.35. The zero-order valence-electron chi connectivity index (χ0n) is 15.0. The SMILES string of the molecule is CCCN1CCCCC1C(=O)NC(C)C(O)c1ccc(OC)cc1. The summed E-state index contributed by atoms with van der Waals surface area (Å²) in [6.45, 7) is 5.92. The molecule has 1 saturated heterocycles. The number of rotatable bonds is 7. The summed E-state index contributed by atoms with van der Waals surface area (Å²) in [5.41, 5.74) is 0.776. The third-order valence-corrected chi connectivity index (χ3v) is 4.73. The van der Waals surface area contributed by atoms with Crippen LogP contribution in [0.2, 0.25) is 0 Å². The number of carbonyl (C=O) groups is 1. The van der Waals surface area contributed by atoms with E-state index in [2.05, 4.69) is 17.1 Å². The van der Waals surface area contributed by atoms with Crippen molar-refractivity contribution in [2.24, 2.45) is 0 Å². The van der Waals surface area contributed by atoms with Crippen LogP contribution < -0.4 is 10.1 Å². The van der Waals surface area contributed by atoms with Gasteiger partial charge in [-0.25, -0.2) is 0 Å². The standard InChI is InChI=1S/C19H30N2O3/c1-4-12-21-13-6-5-7-17(21)19(23)20-14(2)18(22)15-8-10-16(24-3)11-9-15/h8-11,14,17-18,22H,4-7,12-13H2,1-3H3,(H,20,23). The smallest absolute Gasteiger partial charge is 0.237 e. The molecule has 0 spiro atoms. The number of aliphatic hydroxyl groups excluding tert-OH is 1. The second kappa shape index (κ2) is 9.04. The van der Waals surface area contributed by atoms with Gasteiger partial charge in [0.1, 0.15) is 5.75 Å². The Morgan fingerprint density at radius 2 is 2.08 bits per heavy atom. The molecular formula is C19H30N2O3. The van der Waals surface area contributed by atoms with Crippen molar-refractivity contribution >= 4 is 5.91 Å². The number of amides is 1. The van der Waals surface area contributed by atoms with E-state index in [0.717, 1.165) is 50.1 Å². The van der Waals surface area contributed by atoms with E-state index >= 15 is 0 Å². The number of likely N-dealkylation sites (tertiary alicyclic amines) is 1. The Bertz CT molecular complexity index is 516. The van der Waals surface area contributed by atoms with Crippen molar-refractivity contribution in [2.45, 2.75) is 57.7 Å². The molecule has 0 bridgehead atoms. The molecule has 5 nitrogen and oxygen atoms in total. The number of carbonyl (C=O) groups excluding carboxylic acids is 1. The minimum Gasteiger partial charge on any atom is -0.497 e. The molecule has 1 aliphatic rings. The number of nitrogens with zero attached hydrogens (tertiary/aromatic N) is 1. The fourth-order valence-corrected chi connectivity index (χ4v) is 3.33. The third-order valence-electron chi connectivity index (χ3n) is 4.73. The van der Waals surface area contributed by atoms with Crippen molar-refractivity contribution in [2.75, 3.05) is 20.2 Å². The first-order valence-corrected chi connectivity index (χ1v) is 8.93. The molecule has 0 aliphatic carbocycles. The van der Waals surface area contributed by atoms with Crippen LogP contribution in [0.15, 0.2) is 24.3 Å². The summed E-state index contributed by atoms with van der Waals surface area (Å²) in [6.07, 6.45) is 3.47. The molecule has 0 saturated carbocycles. The number of hydrogen-bond donors (Lipinski definition) is 2. The zero-order chi connectivity index (χ0) is 17.5. The van der Waals surface area contributed by atoms with E-state index in [-0.39, 0.29) is 18.0 Å². The van der Waals surface area contributed by atoms with Crippen LogP contribution in [0.4, 0.5) is 0 Å². The summed E-state index contributed by atoms with van der Waals surface area (Å²) in [7, 11) is 1.61. The first-order valence-electron chi connectivity index (χ1n) is 8.93. The van der Waals surface area contributed by atoms with Gasteiger partial charge in [-0.05, 0) is 57.0 Å². The van der Waals surface area contributed by atoms with Crippen molar-refractivity contribution in [3.8, 4) is 5.75 Å². The van der Waals surface area contributed by atoms with E-state index in [1.807, 2.05) is 31.2 Å². The van der Waals surface area contributed by atoms with Gasteiger partial charge >= 0.3 is 0 Å². The molecule has 0 aromatic heterocycles. The van der Waals surface area contributed by atoms with Crippen molar-refractivity contribution < 1.29 is 14.6 Å². The molecule has 5 heteroatoms. The van der Waals surface area contributed by atoms with Crippen LogP contribution in [0.25, 0.3) is 0 Å². The fourth-order valence-electron chi connectivity index (χ4n) is 3.33. The van der Waals surface area contributed by atoms with E-state index in [4.69, 9.17) is 4.74 Å². The molecule has 1 amide bonds. The van der Waals surface area contributed by atoms with Gasteiger partial charge in [-0.1, -0.05) is 25.5 Å². The van der Waals surface area contributed by atoms with E-state index in [9.17, 15) is 9.90 Å². The Morgan fingerprint density at radius 1 is 1.38 bits per heavy atom. The number of ether oxygens (including phenoxy) is 1.